The molecule has 3 rings (SSSR count). The molecule has 1 aromatic heterocycles. The van der Waals surface area contributed by atoms with Gasteiger partial charge >= 0.3 is 0 Å². The molecule has 6 nitrogen and oxygen atoms in total. The normalized spacial score (nSPS) is 14.7. The predicted molar refractivity (Wildman–Crippen MR) is 99.6 cm³/mol. The zero-order valence-electron chi connectivity index (χ0n) is 15.6. The van der Waals surface area contributed by atoms with Crippen molar-refractivity contribution in [1.82, 2.24) is 14.5 Å². The number of nitrogens with zero attached hydrogens (tertiary/aromatic N) is 4. The Morgan fingerprint density at radius 2 is 1.88 bits per heavy atom. The van der Waals surface area contributed by atoms with Gasteiger partial charge in [0.25, 0.3) is 5.56 Å². The third-order valence-electron chi connectivity index (χ3n) is 4.80. The van der Waals surface area contributed by atoms with E-state index in [0.29, 0.717) is 31.7 Å². The van der Waals surface area contributed by atoms with E-state index in [2.05, 4.69) is 23.6 Å². The van der Waals surface area contributed by atoms with Gasteiger partial charge in [-0.25, -0.2) is 4.98 Å². The van der Waals surface area contributed by atoms with Gasteiger partial charge in [-0.15, -0.1) is 0 Å². The fraction of sp³-hybridized carbons (Fsp3) is 0.474. The van der Waals surface area contributed by atoms with Crippen LogP contribution in [0.25, 0.3) is 0 Å². The van der Waals surface area contributed by atoms with E-state index in [-0.39, 0.29) is 5.56 Å². The molecule has 1 aliphatic heterocycles. The quantitative estimate of drug-likeness (QED) is 0.855. The average molecular weight is 342 g/mol. The molecule has 0 aliphatic carbocycles. The number of aryl methyl sites for hydroxylation is 1. The van der Waals surface area contributed by atoms with Gasteiger partial charge in [0.2, 0.25) is 5.95 Å². The van der Waals surface area contributed by atoms with Crippen LogP contribution in [0.5, 0.6) is 5.75 Å². The van der Waals surface area contributed by atoms with E-state index in [4.69, 9.17) is 9.72 Å². The van der Waals surface area contributed by atoms with Crippen LogP contribution in [0, 0.1) is 6.92 Å². The molecule has 1 aliphatic rings. The van der Waals surface area contributed by atoms with Gasteiger partial charge in [-0.3, -0.25) is 19.2 Å². The highest BCUT2D eigenvalue weighted by atomic mass is 16.5. The molecule has 0 saturated heterocycles. The maximum atomic E-state index is 13.0. The summed E-state index contributed by atoms with van der Waals surface area (Å²) in [7, 11) is 1.66. The maximum Gasteiger partial charge on any atom is 0.259 e. The number of rotatable bonds is 4. The Kier molecular flexibility index (Phi) is 4.81. The molecule has 0 bridgehead atoms. The van der Waals surface area contributed by atoms with E-state index in [1.807, 2.05) is 38.1 Å². The zero-order chi connectivity index (χ0) is 18.1. The molecule has 0 spiro atoms. The maximum absolute atomic E-state index is 13.0. The summed E-state index contributed by atoms with van der Waals surface area (Å²) < 4.78 is 7.05. The van der Waals surface area contributed by atoms with Gasteiger partial charge < -0.3 is 4.74 Å². The van der Waals surface area contributed by atoms with Gasteiger partial charge in [0.1, 0.15) is 5.75 Å². The van der Waals surface area contributed by atoms with Crippen LogP contribution in [0.4, 0.5) is 11.6 Å². The molecule has 0 N–H and O–H groups in total. The molecule has 0 fully saturated rings. The molecular weight excluding hydrogens is 316 g/mol. The van der Waals surface area contributed by atoms with E-state index < -0.39 is 0 Å². The molecule has 0 radical (unpaired) electrons. The van der Waals surface area contributed by atoms with E-state index in [0.717, 1.165) is 22.7 Å². The summed E-state index contributed by atoms with van der Waals surface area (Å²) >= 11 is 0. The highest BCUT2D eigenvalue weighted by Gasteiger charge is 2.28. The summed E-state index contributed by atoms with van der Waals surface area (Å²) in [5.41, 5.74) is 2.67. The molecule has 2 aromatic rings. The number of methoxy groups -OCH3 is 1. The lowest BCUT2D eigenvalue weighted by Crippen LogP contribution is -2.50. The number of anilines is 2. The van der Waals surface area contributed by atoms with Gasteiger partial charge in [-0.05, 0) is 51.5 Å². The zero-order valence-corrected chi connectivity index (χ0v) is 15.6. The van der Waals surface area contributed by atoms with Crippen LogP contribution >= 0.6 is 0 Å². The Bertz CT molecular complexity index is 811. The highest BCUT2D eigenvalue weighted by Crippen LogP contribution is 2.29. The third kappa shape index (κ3) is 3.14. The second kappa shape index (κ2) is 6.88. The smallest absolute Gasteiger partial charge is 0.259 e. The number of benzene rings is 1. The average Bonchev–Trinajstić information content (AvgIpc) is 2.61. The monoisotopic (exact) mass is 342 g/mol. The number of aromatic nitrogens is 2. The minimum atomic E-state index is 0.0638. The molecule has 1 aromatic carbocycles. The van der Waals surface area contributed by atoms with E-state index in [9.17, 15) is 4.79 Å². The van der Waals surface area contributed by atoms with E-state index in [1.165, 1.54) is 0 Å². The van der Waals surface area contributed by atoms with Crippen molar-refractivity contribution in [3.63, 3.8) is 0 Å². The number of hydrogen-bond acceptors (Lipinski definition) is 5. The van der Waals surface area contributed by atoms with Crippen LogP contribution in [-0.2, 0) is 13.1 Å². The summed E-state index contributed by atoms with van der Waals surface area (Å²) in [6.45, 7) is 9.47. The summed E-state index contributed by atoms with van der Waals surface area (Å²) in [5, 5.41) is 0. The summed E-state index contributed by atoms with van der Waals surface area (Å²) in [5.74, 6) is 1.52. The van der Waals surface area contributed by atoms with Crippen molar-refractivity contribution in [1.29, 1.82) is 0 Å². The Morgan fingerprint density at radius 1 is 1.20 bits per heavy atom. The first-order chi connectivity index (χ1) is 12.0. The fourth-order valence-corrected chi connectivity index (χ4v) is 3.18. The predicted octanol–water partition coefficient (Wildman–Crippen LogP) is 2.90. The molecule has 6 heteroatoms. The Hall–Kier alpha value is -2.34. The van der Waals surface area contributed by atoms with Crippen molar-refractivity contribution in [3.05, 3.63) is 45.9 Å². The topological polar surface area (TPSA) is 50.6 Å². The van der Waals surface area contributed by atoms with Crippen LogP contribution in [0.15, 0.2) is 29.1 Å². The van der Waals surface area contributed by atoms with Crippen molar-refractivity contribution < 1.29 is 4.74 Å². The lowest BCUT2D eigenvalue weighted by Gasteiger charge is -2.40. The first-order valence-corrected chi connectivity index (χ1v) is 8.72. The van der Waals surface area contributed by atoms with Gasteiger partial charge in [-0.2, -0.15) is 0 Å². The van der Waals surface area contributed by atoms with Gasteiger partial charge in [0, 0.05) is 23.0 Å². The second-order valence-electron chi connectivity index (χ2n) is 6.65. The Labute approximate surface area is 148 Å². The fourth-order valence-electron chi connectivity index (χ4n) is 3.18. The van der Waals surface area contributed by atoms with E-state index >= 15 is 0 Å². The lowest BCUT2D eigenvalue weighted by atomic mass is 10.2. The van der Waals surface area contributed by atoms with Crippen LogP contribution in [0.2, 0.25) is 0 Å². The number of hydrogen-bond donors (Lipinski definition) is 0. The van der Waals surface area contributed by atoms with Crippen molar-refractivity contribution in [2.45, 2.75) is 46.8 Å². The lowest BCUT2D eigenvalue weighted by molar-refractivity contribution is 0.156. The van der Waals surface area contributed by atoms with Crippen LogP contribution in [0.3, 0.4) is 0 Å². The van der Waals surface area contributed by atoms with Crippen LogP contribution in [-0.4, -0.2) is 34.3 Å². The van der Waals surface area contributed by atoms with Crippen molar-refractivity contribution in [3.8, 4) is 5.75 Å². The standard InChI is InChI=1S/C19H26N4O2/c1-6-17-14(4)20-19-22(15-7-9-16(25-5)10-8-15)11-21(13(2)3)12-23(19)18(17)24/h7-10,13H,6,11-12H2,1-5H3. The minimum Gasteiger partial charge on any atom is -0.497 e. The van der Waals surface area contributed by atoms with Gasteiger partial charge in [-0.1, -0.05) is 6.92 Å². The van der Waals surface area contributed by atoms with Gasteiger partial charge in [0.05, 0.1) is 20.4 Å². The Morgan fingerprint density at radius 3 is 2.44 bits per heavy atom. The molecule has 0 amide bonds. The summed E-state index contributed by atoms with van der Waals surface area (Å²) in [6.07, 6.45) is 0.697. The van der Waals surface area contributed by atoms with Crippen molar-refractivity contribution in [2.24, 2.45) is 0 Å². The largest absolute Gasteiger partial charge is 0.497 e. The van der Waals surface area contributed by atoms with Crippen LogP contribution < -0.4 is 15.2 Å². The molecular formula is C19H26N4O2. The molecule has 2 heterocycles. The number of ether oxygens (including phenoxy) is 1. The Balaban J connectivity index is 2.14. The molecule has 134 valence electrons. The SMILES string of the molecule is CCc1c(C)nc2n(c1=O)CN(C(C)C)CN2c1ccc(OC)cc1. The number of fused-ring (bicyclic) bond motifs is 1. The van der Waals surface area contributed by atoms with Crippen LogP contribution in [0.1, 0.15) is 32.0 Å². The first-order valence-electron chi connectivity index (χ1n) is 8.72. The van der Waals surface area contributed by atoms with Gasteiger partial charge in [0.15, 0.2) is 0 Å². The third-order valence-corrected chi connectivity index (χ3v) is 4.80. The summed E-state index contributed by atoms with van der Waals surface area (Å²) in [6, 6.07) is 8.19. The second-order valence-corrected chi connectivity index (χ2v) is 6.65. The van der Waals surface area contributed by atoms with E-state index in [1.54, 1.807) is 11.7 Å². The molecule has 0 atom stereocenters. The summed E-state index contributed by atoms with van der Waals surface area (Å²) in [4.78, 5) is 22.1. The molecule has 0 unspecified atom stereocenters. The first kappa shape index (κ1) is 17.5. The molecule has 0 saturated carbocycles. The minimum absolute atomic E-state index is 0.0638. The van der Waals surface area contributed by atoms with Crippen molar-refractivity contribution >= 4 is 11.6 Å². The highest BCUT2D eigenvalue weighted by molar-refractivity contribution is 5.59. The molecule has 25 heavy (non-hydrogen) atoms. The van der Waals surface area contributed by atoms with Crippen molar-refractivity contribution in [2.75, 3.05) is 18.7 Å².